The van der Waals surface area contributed by atoms with E-state index in [1.54, 1.807) is 73.8 Å². The fraction of sp³-hybridized carbons (Fsp3) is 0.133. The second-order valence-corrected chi connectivity index (χ2v) is 9.37. The monoisotopic (exact) mass is 1150 g/mol. The number of carboxylic acids is 2. The van der Waals surface area contributed by atoms with Crippen LogP contribution in [0, 0.1) is 0 Å². The van der Waals surface area contributed by atoms with Gasteiger partial charge in [0.1, 0.15) is 11.6 Å². The Morgan fingerprint density at radius 2 is 0.574 bits per heavy atom. The fourth-order valence-corrected chi connectivity index (χ4v) is 3.34. The van der Waals surface area contributed by atoms with Crippen molar-refractivity contribution in [2.75, 3.05) is 0 Å². The zero-order valence-corrected chi connectivity index (χ0v) is 37.2. The molecule has 6 aromatic rings. The van der Waals surface area contributed by atoms with Crippen molar-refractivity contribution in [1.29, 1.82) is 0 Å². The standard InChI is InChI=1S/2C12H9N5O2.2C3H6O.12FH.Fe.2Sb/c2*18-12(19)9-7-10(16-5-1-3-13-16)15-11(8-9)17-6-2-4-14-17;2*1-3(2)4;;;;;;;;;;;;;;;/h2*1-8H,(H,18,19);2*1-2H3;12*1H;;;/q;;;;;;;;;;;;;;;;+2;2*+5/p-12. The molecule has 0 saturated heterocycles. The van der Waals surface area contributed by atoms with Crippen molar-refractivity contribution in [2.24, 2.45) is 0 Å². The maximum absolute atomic E-state index is 11.2. The van der Waals surface area contributed by atoms with Gasteiger partial charge in [-0.3, -0.25) is 0 Å². The van der Waals surface area contributed by atoms with Crippen LogP contribution in [0.3, 0.4) is 0 Å². The average molecular weight is 1150 g/mol. The molecule has 0 saturated carbocycles. The first-order chi connectivity index (χ1) is 21.9. The minimum Gasteiger partial charge on any atom is -1.00 e. The number of ketones is 2. The fourth-order valence-electron chi connectivity index (χ4n) is 3.34. The topological polar surface area (TPSA) is 206 Å². The van der Waals surface area contributed by atoms with E-state index in [0.29, 0.717) is 23.3 Å². The number of carbonyl (C=O) groups is 4. The minimum atomic E-state index is -1.02. The predicted octanol–water partition coefficient (Wildman–Crippen LogP) is -33.2. The van der Waals surface area contributed by atoms with Crippen molar-refractivity contribution in [3.05, 3.63) is 109 Å². The van der Waals surface area contributed by atoms with Crippen molar-refractivity contribution in [3.63, 3.8) is 0 Å². The molecule has 6 heterocycles. The zero-order valence-electron chi connectivity index (χ0n) is 31.0. The number of hydrogen-bond donors (Lipinski definition) is 2. The van der Waals surface area contributed by atoms with Gasteiger partial charge in [0, 0.05) is 49.6 Å². The van der Waals surface area contributed by atoms with E-state index in [2.05, 4.69) is 30.4 Å². The first-order valence-corrected chi connectivity index (χ1v) is 13.4. The molecule has 0 aliphatic carbocycles. The number of carbonyl (C=O) groups excluding carboxylic acids is 2. The van der Waals surface area contributed by atoms with Gasteiger partial charge >= 0.3 is 77.9 Å². The molecule has 6 aromatic heterocycles. The minimum absolute atomic E-state index is 0. The number of Topliss-reactive ketones (excluding diaryl/α,β-unsaturated/α-hetero) is 2. The van der Waals surface area contributed by atoms with Crippen LogP contribution in [0.15, 0.2) is 98.1 Å². The van der Waals surface area contributed by atoms with E-state index < -0.39 is 11.9 Å². The number of carboxylic acid groups (broad SMARTS) is 2. The summed E-state index contributed by atoms with van der Waals surface area (Å²) in [5, 5.41) is 34.4. The molecular weight excluding hydrogens is 1120 g/mol. The van der Waals surface area contributed by atoms with Crippen LogP contribution in [0.1, 0.15) is 48.4 Å². The third-order valence-corrected chi connectivity index (χ3v) is 5.05. The molecule has 0 aromatic carbocycles. The molecule has 6 rings (SSSR count). The number of nitrogens with zero attached hydrogens (tertiary/aromatic N) is 10. The Balaban J connectivity index is -0.0000000482. The van der Waals surface area contributed by atoms with E-state index in [0.717, 1.165) is 0 Å². The Morgan fingerprint density at radius 3 is 0.689 bits per heavy atom. The van der Waals surface area contributed by atoms with Crippen molar-refractivity contribution in [2.45, 2.75) is 27.7 Å². The van der Waals surface area contributed by atoms with Crippen molar-refractivity contribution >= 4 is 72.4 Å². The first kappa shape index (κ1) is 91.4. The maximum Gasteiger partial charge on any atom is 5.00 e. The molecule has 338 valence electrons. The Hall–Kier alpha value is -5.26. The third kappa shape index (κ3) is 30.4. The van der Waals surface area contributed by atoms with E-state index >= 15 is 0 Å². The Labute approximate surface area is 382 Å². The third-order valence-electron chi connectivity index (χ3n) is 5.05. The summed E-state index contributed by atoms with van der Waals surface area (Å²) in [6.45, 7) is 6.11. The second kappa shape index (κ2) is 45.8. The summed E-state index contributed by atoms with van der Waals surface area (Å²) in [5.74, 6) is -0.00924. The van der Waals surface area contributed by atoms with E-state index in [-0.39, 0.29) is 145 Å². The number of halogens is 12. The SMILES string of the molecule is CC(C)=O.CC(C)=O.O=C(O)c1cc(-n2cccn2)nc(-n2cccn2)c1.O=C(O)c1cc(-n2cccn2)nc(-n2cccn2)c1.[F-].[F-].[F-].[F-].[F-].[F-].[F-].[F-].[F-].[F-].[F-].[F-].[Fe+2].[Sb+5].[Sb+5]. The van der Waals surface area contributed by atoms with Crippen LogP contribution < -0.4 is 56.5 Å². The molecule has 0 fully saturated rings. The van der Waals surface area contributed by atoms with E-state index in [1.165, 1.54) is 70.7 Å². The molecule has 0 spiro atoms. The van der Waals surface area contributed by atoms with E-state index in [1.807, 2.05) is 0 Å². The van der Waals surface area contributed by atoms with Crippen LogP contribution in [0.2, 0.25) is 0 Å². The van der Waals surface area contributed by atoms with E-state index in [4.69, 9.17) is 10.2 Å². The van der Waals surface area contributed by atoms with Crippen LogP contribution in [-0.2, 0) is 26.7 Å². The van der Waals surface area contributed by atoms with Gasteiger partial charge in [-0.2, -0.15) is 20.4 Å². The maximum atomic E-state index is 11.2. The predicted molar refractivity (Wildman–Crippen MR) is 175 cm³/mol. The van der Waals surface area contributed by atoms with Gasteiger partial charge in [-0.1, -0.05) is 0 Å². The number of aromatic carboxylic acids is 2. The van der Waals surface area contributed by atoms with Crippen molar-refractivity contribution < 1.29 is 103 Å². The van der Waals surface area contributed by atoms with Gasteiger partial charge in [0.05, 0.1) is 11.1 Å². The summed E-state index contributed by atoms with van der Waals surface area (Å²) in [4.78, 5) is 49.9. The van der Waals surface area contributed by atoms with Gasteiger partial charge in [0.15, 0.2) is 23.3 Å². The molecule has 0 aliphatic heterocycles. The molecule has 0 bridgehead atoms. The summed E-state index contributed by atoms with van der Waals surface area (Å²) in [7, 11) is 0. The first-order valence-electron chi connectivity index (χ1n) is 13.4. The molecule has 31 heteroatoms. The summed E-state index contributed by atoms with van der Waals surface area (Å²) in [5.41, 5.74) is 0.261. The Kier molecular flexibility index (Phi) is 68.7. The van der Waals surface area contributed by atoms with Crippen LogP contribution in [0.4, 0.5) is 0 Å². The van der Waals surface area contributed by atoms with Crippen LogP contribution >= 0.6 is 0 Å². The zero-order chi connectivity index (χ0) is 33.6. The second-order valence-electron chi connectivity index (χ2n) is 9.37. The molecule has 61 heavy (non-hydrogen) atoms. The van der Waals surface area contributed by atoms with Crippen LogP contribution in [-0.4, -0.2) is 132 Å². The molecular formula is C30H30F12FeN10O6Sb2. The van der Waals surface area contributed by atoms with Gasteiger partial charge in [0.25, 0.3) is 0 Å². The molecule has 16 nitrogen and oxygen atoms in total. The molecule has 0 amide bonds. The van der Waals surface area contributed by atoms with Gasteiger partial charge in [-0.15, -0.1) is 0 Å². The molecule has 0 aliphatic rings. The summed E-state index contributed by atoms with van der Waals surface area (Å²) in [6, 6.07) is 12.8. The number of aromatic nitrogens is 10. The summed E-state index contributed by atoms with van der Waals surface area (Å²) < 4.78 is 6.00. The largest absolute Gasteiger partial charge is 5.00 e. The van der Waals surface area contributed by atoms with Gasteiger partial charge in [-0.25, -0.2) is 38.3 Å². The molecule has 0 radical (unpaired) electrons. The van der Waals surface area contributed by atoms with Crippen molar-refractivity contribution in [1.82, 2.24) is 49.1 Å². The van der Waals surface area contributed by atoms with Gasteiger partial charge in [-0.05, 0) is 76.2 Å². The normalized spacial score (nSPS) is 7.41. The quantitative estimate of drug-likeness (QED) is 0.118. The van der Waals surface area contributed by atoms with Crippen LogP contribution in [0.25, 0.3) is 23.3 Å². The average Bonchev–Trinajstić information content (AvgIpc) is 3.84. The number of rotatable bonds is 6. The smallest absolute Gasteiger partial charge is 1.00 e. The summed E-state index contributed by atoms with van der Waals surface area (Å²) >= 11 is 0. The number of hydrogen-bond acceptors (Lipinski definition) is 10. The Morgan fingerprint density at radius 1 is 0.410 bits per heavy atom. The van der Waals surface area contributed by atoms with Gasteiger partial charge in [0.2, 0.25) is 0 Å². The van der Waals surface area contributed by atoms with Crippen molar-refractivity contribution in [3.8, 4) is 23.3 Å². The summed E-state index contributed by atoms with van der Waals surface area (Å²) in [6.07, 6.45) is 13.2. The van der Waals surface area contributed by atoms with Gasteiger partial charge < -0.3 is 76.3 Å². The molecule has 2 N–H and O–H groups in total. The molecule has 0 atom stereocenters. The van der Waals surface area contributed by atoms with E-state index in [9.17, 15) is 19.2 Å². The Bertz CT molecular complexity index is 1680. The van der Waals surface area contributed by atoms with Crippen LogP contribution in [0.5, 0.6) is 0 Å². The molecule has 0 unspecified atom stereocenters. The number of pyridine rings is 2.